The molecule has 2 unspecified atom stereocenters. The lowest BCUT2D eigenvalue weighted by Crippen LogP contribution is -2.45. The average Bonchev–Trinajstić information content (AvgIpc) is 2.77. The van der Waals surface area contributed by atoms with Gasteiger partial charge in [-0.05, 0) is 60.9 Å². The Morgan fingerprint density at radius 2 is 1.63 bits per heavy atom. The lowest BCUT2D eigenvalue weighted by Gasteiger charge is -2.36. The predicted molar refractivity (Wildman–Crippen MR) is 147 cm³/mol. The van der Waals surface area contributed by atoms with Crippen LogP contribution >= 0.6 is 0 Å². The van der Waals surface area contributed by atoms with E-state index in [2.05, 4.69) is 80.5 Å². The molecule has 0 amide bonds. The average molecular weight is 484 g/mol. The van der Waals surface area contributed by atoms with Crippen molar-refractivity contribution >= 4 is 23.0 Å². The van der Waals surface area contributed by atoms with Gasteiger partial charge in [0.2, 0.25) is 5.85 Å². The van der Waals surface area contributed by atoms with Gasteiger partial charge in [-0.2, -0.15) is 0 Å². The predicted octanol–water partition coefficient (Wildman–Crippen LogP) is 6.93. The molecule has 2 rings (SSSR count). The molecule has 35 heavy (non-hydrogen) atoms. The zero-order valence-electron chi connectivity index (χ0n) is 22.8. The summed E-state index contributed by atoms with van der Waals surface area (Å²) in [5, 5.41) is 16.5. The molecular formula is C29H45N3O3. The van der Waals surface area contributed by atoms with E-state index < -0.39 is 11.8 Å². The molecule has 0 aromatic heterocycles. The second kappa shape index (κ2) is 12.8. The maximum Gasteiger partial charge on any atom is 0.303 e. The highest BCUT2D eigenvalue weighted by Gasteiger charge is 2.27. The Labute approximate surface area is 212 Å². The summed E-state index contributed by atoms with van der Waals surface area (Å²) in [6.07, 6.45) is 0.871. The van der Waals surface area contributed by atoms with Gasteiger partial charge in [0.05, 0.1) is 17.8 Å². The summed E-state index contributed by atoms with van der Waals surface area (Å²) < 4.78 is 5.93. The van der Waals surface area contributed by atoms with Crippen LogP contribution in [0.25, 0.3) is 0 Å². The summed E-state index contributed by atoms with van der Waals surface area (Å²) >= 11 is 0. The number of nitrogens with one attached hydrogen (secondary N) is 2. The zero-order chi connectivity index (χ0) is 26.2. The second-order valence-electron chi connectivity index (χ2n) is 10.5. The number of methoxy groups -OCH3 is 1. The Morgan fingerprint density at radius 1 is 1.03 bits per heavy atom. The highest BCUT2D eigenvalue weighted by Crippen LogP contribution is 2.35. The van der Waals surface area contributed by atoms with Crippen molar-refractivity contribution < 1.29 is 14.6 Å². The van der Waals surface area contributed by atoms with E-state index in [0.717, 1.165) is 42.1 Å². The number of nitrogens with zero attached hydrogens (tertiary/aromatic N) is 1. The Hall–Kier alpha value is -2.73. The number of hydrogen-bond acceptors (Lipinski definition) is 5. The topological polar surface area (TPSA) is 73.8 Å². The summed E-state index contributed by atoms with van der Waals surface area (Å²) in [5.74, 6) is -0.713. The van der Waals surface area contributed by atoms with Crippen molar-refractivity contribution in [3.63, 3.8) is 0 Å². The van der Waals surface area contributed by atoms with Crippen molar-refractivity contribution in [3.05, 3.63) is 53.6 Å². The van der Waals surface area contributed by atoms with E-state index >= 15 is 0 Å². The molecule has 3 N–H and O–H groups in total. The number of benzene rings is 2. The zero-order valence-corrected chi connectivity index (χ0v) is 22.8. The van der Waals surface area contributed by atoms with Crippen molar-refractivity contribution in [2.45, 2.75) is 73.1 Å². The van der Waals surface area contributed by atoms with Gasteiger partial charge in [-0.1, -0.05) is 58.4 Å². The smallest absolute Gasteiger partial charge is 0.303 e. The second-order valence-corrected chi connectivity index (χ2v) is 10.5. The minimum Gasteiger partial charge on any atom is -0.481 e. The van der Waals surface area contributed by atoms with Gasteiger partial charge in [0.1, 0.15) is 0 Å². The number of carboxylic acids is 1. The van der Waals surface area contributed by atoms with Gasteiger partial charge in [0.15, 0.2) is 0 Å². The molecule has 6 heteroatoms. The number of carbonyl (C=O) groups is 1. The highest BCUT2D eigenvalue weighted by molar-refractivity contribution is 5.73. The molecule has 2 aromatic rings. The van der Waals surface area contributed by atoms with Crippen LogP contribution in [-0.2, 0) is 9.53 Å². The number of rotatable bonds is 14. The summed E-state index contributed by atoms with van der Waals surface area (Å²) in [7, 11) is 1.68. The van der Waals surface area contributed by atoms with Crippen LogP contribution in [0.3, 0.4) is 0 Å². The normalized spacial score (nSPS) is 14.0. The first kappa shape index (κ1) is 28.5. The third-order valence-corrected chi connectivity index (χ3v) is 6.13. The molecule has 0 bridgehead atoms. The minimum atomic E-state index is -0.877. The number of hydrogen-bond donors (Lipinski definition) is 3. The van der Waals surface area contributed by atoms with E-state index in [-0.39, 0.29) is 12.3 Å². The van der Waals surface area contributed by atoms with Crippen molar-refractivity contribution in [3.8, 4) is 0 Å². The Balaban J connectivity index is 2.53. The maximum absolute atomic E-state index is 11.5. The molecule has 0 saturated carbocycles. The summed E-state index contributed by atoms with van der Waals surface area (Å²) in [6, 6.07) is 14.5. The lowest BCUT2D eigenvalue weighted by molar-refractivity contribution is -0.137. The Bertz CT molecular complexity index is 933. The monoisotopic (exact) mass is 483 g/mol. The van der Waals surface area contributed by atoms with Crippen LogP contribution in [0.2, 0.25) is 0 Å². The fourth-order valence-electron chi connectivity index (χ4n) is 4.35. The van der Waals surface area contributed by atoms with Crippen LogP contribution in [0.15, 0.2) is 42.5 Å². The standard InChI is InChI=1S/C29H45N3O3/c1-9-23(17-28(33)34)24-12-15-27(32(18-20(2)3)19-21(4)5)26(16-24)31-29(7,35-8)30-25-13-10-22(6)11-14-25/h10-16,20-21,23,30-31H,9,17-19H2,1-8H3,(H,33,34). The molecule has 194 valence electrons. The SMILES string of the molecule is CCC(CC(=O)O)c1ccc(N(CC(C)C)CC(C)C)c(NC(C)(Nc2ccc(C)cc2)OC)c1. The van der Waals surface area contributed by atoms with Gasteiger partial charge in [0.25, 0.3) is 0 Å². The van der Waals surface area contributed by atoms with Crippen LogP contribution in [0.1, 0.15) is 71.4 Å². The van der Waals surface area contributed by atoms with Gasteiger partial charge in [-0.25, -0.2) is 0 Å². The van der Waals surface area contributed by atoms with Crippen molar-refractivity contribution in [1.82, 2.24) is 0 Å². The van der Waals surface area contributed by atoms with Crippen molar-refractivity contribution in [1.29, 1.82) is 0 Å². The molecule has 0 fully saturated rings. The number of aliphatic carboxylic acids is 1. The fourth-order valence-corrected chi connectivity index (χ4v) is 4.35. The van der Waals surface area contributed by atoms with Crippen LogP contribution < -0.4 is 15.5 Å². The molecule has 2 atom stereocenters. The van der Waals surface area contributed by atoms with E-state index in [0.29, 0.717) is 11.8 Å². The fraction of sp³-hybridized carbons (Fsp3) is 0.552. The molecule has 2 aromatic carbocycles. The first-order chi connectivity index (χ1) is 16.5. The van der Waals surface area contributed by atoms with E-state index in [4.69, 9.17) is 4.74 Å². The van der Waals surface area contributed by atoms with Crippen LogP contribution in [-0.4, -0.2) is 37.1 Å². The largest absolute Gasteiger partial charge is 0.481 e. The van der Waals surface area contributed by atoms with E-state index in [9.17, 15) is 9.90 Å². The Kier molecular flexibility index (Phi) is 10.4. The van der Waals surface area contributed by atoms with Gasteiger partial charge in [-0.3, -0.25) is 4.79 Å². The molecule has 0 aliphatic heterocycles. The minimum absolute atomic E-state index is 0.0513. The Morgan fingerprint density at radius 3 is 2.11 bits per heavy atom. The summed E-state index contributed by atoms with van der Waals surface area (Å²) in [5.41, 5.74) is 5.18. The first-order valence-electron chi connectivity index (χ1n) is 12.7. The van der Waals surface area contributed by atoms with Gasteiger partial charge in [-0.15, -0.1) is 0 Å². The third-order valence-electron chi connectivity index (χ3n) is 6.13. The molecule has 0 radical (unpaired) electrons. The summed E-state index contributed by atoms with van der Waals surface area (Å²) in [6.45, 7) is 16.8. The highest BCUT2D eigenvalue weighted by atomic mass is 16.5. The first-order valence-corrected chi connectivity index (χ1v) is 12.7. The van der Waals surface area contributed by atoms with Crippen LogP contribution in [0.5, 0.6) is 0 Å². The third kappa shape index (κ3) is 8.77. The van der Waals surface area contributed by atoms with Crippen molar-refractivity contribution in [2.24, 2.45) is 11.8 Å². The number of carboxylic acid groups (broad SMARTS) is 1. The summed E-state index contributed by atoms with van der Waals surface area (Å²) in [4.78, 5) is 13.9. The number of ether oxygens (including phenoxy) is 1. The van der Waals surface area contributed by atoms with E-state index in [1.54, 1.807) is 7.11 Å². The number of aryl methyl sites for hydroxylation is 1. The van der Waals surface area contributed by atoms with E-state index in [1.807, 2.05) is 26.0 Å². The van der Waals surface area contributed by atoms with Crippen LogP contribution in [0, 0.1) is 18.8 Å². The van der Waals surface area contributed by atoms with Gasteiger partial charge in [0, 0.05) is 32.8 Å². The van der Waals surface area contributed by atoms with Crippen molar-refractivity contribution in [2.75, 3.05) is 35.7 Å². The quantitative estimate of drug-likeness (QED) is 0.253. The van der Waals surface area contributed by atoms with Crippen LogP contribution in [0.4, 0.5) is 17.1 Å². The van der Waals surface area contributed by atoms with E-state index in [1.165, 1.54) is 5.56 Å². The molecule has 0 spiro atoms. The molecule has 0 saturated heterocycles. The molecule has 6 nitrogen and oxygen atoms in total. The number of anilines is 3. The maximum atomic E-state index is 11.5. The lowest BCUT2D eigenvalue weighted by atomic mass is 9.92. The molecular weight excluding hydrogens is 438 g/mol. The molecule has 0 aliphatic rings. The molecule has 0 heterocycles. The van der Waals surface area contributed by atoms with Gasteiger partial charge < -0.3 is 25.4 Å². The molecule has 0 aliphatic carbocycles. The van der Waals surface area contributed by atoms with Gasteiger partial charge >= 0.3 is 5.97 Å².